The lowest BCUT2D eigenvalue weighted by molar-refractivity contribution is -0.116. The minimum absolute atomic E-state index is 0.113. The highest BCUT2D eigenvalue weighted by atomic mass is 16.5. The van der Waals surface area contributed by atoms with E-state index in [0.29, 0.717) is 36.1 Å². The van der Waals surface area contributed by atoms with Gasteiger partial charge in [-0.1, -0.05) is 12.1 Å². The molecular weight excluding hydrogens is 284 g/mol. The summed E-state index contributed by atoms with van der Waals surface area (Å²) in [5, 5.41) is 5.85. The highest BCUT2D eigenvalue weighted by Crippen LogP contribution is 2.23. The fourth-order valence-corrected chi connectivity index (χ4v) is 1.81. The van der Waals surface area contributed by atoms with Crippen LogP contribution in [0.5, 0.6) is 11.6 Å². The minimum Gasteiger partial charge on any atom is -0.495 e. The van der Waals surface area contributed by atoms with Gasteiger partial charge in [0.25, 0.3) is 0 Å². The standard InChI is InChI=1S/C15H18N4O3/c1-21-12-6-4-3-5-11(12)19-14(20)7-8-16-13-9-15(22-2)18-10-17-13/h3-6,9-10H,7-8H2,1-2H3,(H,19,20)(H,16,17,18). The number of amides is 1. The number of carbonyl (C=O) groups excluding carboxylic acids is 1. The van der Waals surface area contributed by atoms with Crippen LogP contribution in [-0.4, -0.2) is 36.6 Å². The molecule has 2 N–H and O–H groups in total. The van der Waals surface area contributed by atoms with Gasteiger partial charge in [0.05, 0.1) is 19.9 Å². The van der Waals surface area contributed by atoms with Crippen LogP contribution >= 0.6 is 0 Å². The third-order valence-electron chi connectivity index (χ3n) is 2.89. The first-order valence-electron chi connectivity index (χ1n) is 6.75. The van der Waals surface area contributed by atoms with Gasteiger partial charge in [0.1, 0.15) is 17.9 Å². The molecular formula is C15H18N4O3. The summed E-state index contributed by atoms with van der Waals surface area (Å²) >= 11 is 0. The largest absolute Gasteiger partial charge is 0.495 e. The molecule has 116 valence electrons. The Kier molecular flexibility index (Phi) is 5.53. The highest BCUT2D eigenvalue weighted by molar-refractivity contribution is 5.92. The summed E-state index contributed by atoms with van der Waals surface area (Å²) in [6, 6.07) is 8.93. The molecule has 0 bridgehead atoms. The van der Waals surface area contributed by atoms with E-state index in [-0.39, 0.29) is 5.91 Å². The maximum Gasteiger partial charge on any atom is 0.226 e. The number of methoxy groups -OCH3 is 2. The first-order valence-corrected chi connectivity index (χ1v) is 6.75. The van der Waals surface area contributed by atoms with Crippen LogP contribution in [0.25, 0.3) is 0 Å². The maximum atomic E-state index is 11.9. The van der Waals surface area contributed by atoms with Crippen molar-refractivity contribution in [1.82, 2.24) is 9.97 Å². The Balaban J connectivity index is 1.82. The SMILES string of the molecule is COc1cc(NCCC(=O)Nc2ccccc2OC)ncn1. The summed E-state index contributed by atoms with van der Waals surface area (Å²) in [6.45, 7) is 0.446. The molecule has 0 fully saturated rings. The van der Waals surface area contributed by atoms with Gasteiger partial charge in [-0.2, -0.15) is 0 Å². The molecule has 0 saturated carbocycles. The number of rotatable bonds is 7. The lowest BCUT2D eigenvalue weighted by atomic mass is 10.3. The number of aromatic nitrogens is 2. The number of hydrogen-bond acceptors (Lipinski definition) is 6. The van der Waals surface area contributed by atoms with Gasteiger partial charge in [0, 0.05) is 19.0 Å². The van der Waals surface area contributed by atoms with Gasteiger partial charge in [0.15, 0.2) is 0 Å². The zero-order valence-corrected chi connectivity index (χ0v) is 12.5. The molecule has 2 aromatic rings. The van der Waals surface area contributed by atoms with E-state index >= 15 is 0 Å². The molecule has 1 amide bonds. The number of anilines is 2. The van der Waals surface area contributed by atoms with Crippen LogP contribution in [0.15, 0.2) is 36.7 Å². The highest BCUT2D eigenvalue weighted by Gasteiger charge is 2.07. The van der Waals surface area contributed by atoms with E-state index in [2.05, 4.69) is 20.6 Å². The number of ether oxygens (including phenoxy) is 2. The van der Waals surface area contributed by atoms with Crippen LogP contribution in [0.2, 0.25) is 0 Å². The fourth-order valence-electron chi connectivity index (χ4n) is 1.81. The number of nitrogens with zero attached hydrogens (tertiary/aromatic N) is 2. The molecule has 0 aliphatic heterocycles. The Morgan fingerprint density at radius 1 is 1.18 bits per heavy atom. The normalized spacial score (nSPS) is 9.91. The average Bonchev–Trinajstić information content (AvgIpc) is 2.55. The van der Waals surface area contributed by atoms with E-state index in [9.17, 15) is 4.79 Å². The second-order valence-corrected chi connectivity index (χ2v) is 4.37. The third-order valence-corrected chi connectivity index (χ3v) is 2.89. The Morgan fingerprint density at radius 3 is 2.77 bits per heavy atom. The third kappa shape index (κ3) is 4.34. The Hall–Kier alpha value is -2.83. The van der Waals surface area contributed by atoms with E-state index in [1.807, 2.05) is 12.1 Å². The topological polar surface area (TPSA) is 85.4 Å². The zero-order chi connectivity index (χ0) is 15.8. The molecule has 0 atom stereocenters. The van der Waals surface area contributed by atoms with E-state index in [1.54, 1.807) is 25.3 Å². The van der Waals surface area contributed by atoms with E-state index in [4.69, 9.17) is 9.47 Å². The molecule has 0 unspecified atom stereocenters. The number of hydrogen-bond donors (Lipinski definition) is 2. The van der Waals surface area contributed by atoms with Gasteiger partial charge in [-0.05, 0) is 12.1 Å². The van der Waals surface area contributed by atoms with Crippen LogP contribution in [0, 0.1) is 0 Å². The molecule has 0 saturated heterocycles. The molecule has 7 heteroatoms. The van der Waals surface area contributed by atoms with Gasteiger partial charge in [-0.25, -0.2) is 9.97 Å². The average molecular weight is 302 g/mol. The molecule has 0 spiro atoms. The maximum absolute atomic E-state index is 11.9. The molecule has 0 aliphatic carbocycles. The Labute approximate surface area is 128 Å². The minimum atomic E-state index is -0.113. The van der Waals surface area contributed by atoms with Crippen molar-refractivity contribution >= 4 is 17.4 Å². The zero-order valence-electron chi connectivity index (χ0n) is 12.5. The lowest BCUT2D eigenvalue weighted by Crippen LogP contribution is -2.17. The summed E-state index contributed by atoms with van der Waals surface area (Å²) in [4.78, 5) is 19.9. The first kappa shape index (κ1) is 15.6. The fraction of sp³-hybridized carbons (Fsp3) is 0.267. The van der Waals surface area contributed by atoms with Crippen molar-refractivity contribution in [3.05, 3.63) is 36.7 Å². The quantitative estimate of drug-likeness (QED) is 0.813. The number of para-hydroxylation sites is 2. The molecule has 22 heavy (non-hydrogen) atoms. The number of carbonyl (C=O) groups is 1. The second kappa shape index (κ2) is 7.82. The van der Waals surface area contributed by atoms with Crippen molar-refractivity contribution in [1.29, 1.82) is 0 Å². The summed E-state index contributed by atoms with van der Waals surface area (Å²) in [6.07, 6.45) is 1.69. The van der Waals surface area contributed by atoms with E-state index in [1.165, 1.54) is 13.4 Å². The summed E-state index contributed by atoms with van der Waals surface area (Å²) in [5.74, 6) is 1.59. The second-order valence-electron chi connectivity index (χ2n) is 4.37. The van der Waals surface area contributed by atoms with E-state index < -0.39 is 0 Å². The molecule has 0 aliphatic rings. The molecule has 1 heterocycles. The van der Waals surface area contributed by atoms with Crippen LogP contribution in [0.1, 0.15) is 6.42 Å². The molecule has 1 aromatic carbocycles. The van der Waals surface area contributed by atoms with Crippen LogP contribution in [0.3, 0.4) is 0 Å². The number of nitrogens with one attached hydrogen (secondary N) is 2. The van der Waals surface area contributed by atoms with Gasteiger partial charge in [-0.3, -0.25) is 4.79 Å². The monoisotopic (exact) mass is 302 g/mol. The summed E-state index contributed by atoms with van der Waals surface area (Å²) in [7, 11) is 3.10. The predicted octanol–water partition coefficient (Wildman–Crippen LogP) is 1.93. The lowest BCUT2D eigenvalue weighted by Gasteiger charge is -2.10. The Bertz CT molecular complexity index is 634. The van der Waals surface area contributed by atoms with Crippen LogP contribution in [-0.2, 0) is 4.79 Å². The molecule has 0 radical (unpaired) electrons. The van der Waals surface area contributed by atoms with Crippen molar-refractivity contribution in [2.45, 2.75) is 6.42 Å². The van der Waals surface area contributed by atoms with Crippen LogP contribution < -0.4 is 20.1 Å². The Morgan fingerprint density at radius 2 is 2.00 bits per heavy atom. The van der Waals surface area contributed by atoms with Gasteiger partial charge >= 0.3 is 0 Å². The molecule has 1 aromatic heterocycles. The summed E-state index contributed by atoms with van der Waals surface area (Å²) < 4.78 is 10.2. The van der Waals surface area contributed by atoms with Gasteiger partial charge < -0.3 is 20.1 Å². The number of benzene rings is 1. The predicted molar refractivity (Wildman–Crippen MR) is 83.3 cm³/mol. The van der Waals surface area contributed by atoms with Gasteiger partial charge in [-0.15, -0.1) is 0 Å². The van der Waals surface area contributed by atoms with Crippen molar-refractivity contribution < 1.29 is 14.3 Å². The van der Waals surface area contributed by atoms with Crippen molar-refractivity contribution in [3.63, 3.8) is 0 Å². The summed E-state index contributed by atoms with van der Waals surface area (Å²) in [5.41, 5.74) is 0.652. The van der Waals surface area contributed by atoms with Gasteiger partial charge in [0.2, 0.25) is 11.8 Å². The first-order chi connectivity index (χ1) is 10.7. The van der Waals surface area contributed by atoms with Crippen molar-refractivity contribution in [2.24, 2.45) is 0 Å². The van der Waals surface area contributed by atoms with E-state index in [0.717, 1.165) is 0 Å². The molecule has 7 nitrogen and oxygen atoms in total. The molecule has 2 rings (SSSR count). The van der Waals surface area contributed by atoms with Crippen LogP contribution in [0.4, 0.5) is 11.5 Å². The van der Waals surface area contributed by atoms with Crippen molar-refractivity contribution in [2.75, 3.05) is 31.4 Å². The smallest absolute Gasteiger partial charge is 0.226 e. The van der Waals surface area contributed by atoms with Crippen molar-refractivity contribution in [3.8, 4) is 11.6 Å².